The molecular weight excluding hydrogens is 172 g/mol. The number of ether oxygens (including phenoxy) is 1. The molecule has 0 fully saturated rings. The molecular formula is C9H14O4. The van der Waals surface area contributed by atoms with Crippen molar-refractivity contribution in [2.75, 3.05) is 6.61 Å². The number of hydrogen-bond donors (Lipinski definition) is 1. The summed E-state index contributed by atoms with van der Waals surface area (Å²) in [5.41, 5.74) is 0.287. The molecule has 1 N–H and O–H groups in total. The average Bonchev–Trinajstić information content (AvgIpc) is 2.05. The average molecular weight is 186 g/mol. The number of carboxylic acids is 1. The predicted molar refractivity (Wildman–Crippen MR) is 47.3 cm³/mol. The lowest BCUT2D eigenvalue weighted by Crippen LogP contribution is -2.12. The fourth-order valence-corrected chi connectivity index (χ4v) is 0.939. The Balaban J connectivity index is 4.74. The Kier molecular flexibility index (Phi) is 4.80. The summed E-state index contributed by atoms with van der Waals surface area (Å²) >= 11 is 0. The molecule has 0 unspecified atom stereocenters. The highest BCUT2D eigenvalue weighted by Crippen LogP contribution is 2.10. The molecule has 4 nitrogen and oxygen atoms in total. The maximum Gasteiger partial charge on any atom is 0.334 e. The van der Waals surface area contributed by atoms with Crippen LogP contribution < -0.4 is 0 Å². The molecule has 0 saturated heterocycles. The SMILES string of the molecule is CCOC(=O)/C(C)=C(\CC)C(=O)O. The molecule has 4 heteroatoms. The van der Waals surface area contributed by atoms with E-state index in [0.717, 1.165) is 0 Å². The maximum absolute atomic E-state index is 11.1. The number of aliphatic carboxylic acids is 1. The summed E-state index contributed by atoms with van der Waals surface area (Å²) in [7, 11) is 0. The maximum atomic E-state index is 11.1. The van der Waals surface area contributed by atoms with Crippen molar-refractivity contribution in [1.82, 2.24) is 0 Å². The van der Waals surface area contributed by atoms with Crippen LogP contribution in [0.4, 0.5) is 0 Å². The third kappa shape index (κ3) is 3.27. The summed E-state index contributed by atoms with van der Waals surface area (Å²) in [5, 5.41) is 8.70. The number of carbonyl (C=O) groups excluding carboxylic acids is 1. The first-order valence-electron chi connectivity index (χ1n) is 4.14. The summed E-state index contributed by atoms with van der Waals surface area (Å²) < 4.78 is 4.68. The van der Waals surface area contributed by atoms with Crippen LogP contribution in [-0.2, 0) is 14.3 Å². The minimum atomic E-state index is -1.06. The van der Waals surface area contributed by atoms with E-state index in [0.29, 0.717) is 6.42 Å². The van der Waals surface area contributed by atoms with E-state index in [4.69, 9.17) is 5.11 Å². The van der Waals surface area contributed by atoms with Crippen LogP contribution in [0, 0.1) is 0 Å². The molecule has 0 spiro atoms. The van der Waals surface area contributed by atoms with Crippen molar-refractivity contribution < 1.29 is 19.4 Å². The zero-order chi connectivity index (χ0) is 10.4. The Labute approximate surface area is 77.2 Å². The molecule has 0 saturated carbocycles. The van der Waals surface area contributed by atoms with Crippen LogP contribution in [0.3, 0.4) is 0 Å². The molecule has 0 amide bonds. The Morgan fingerprint density at radius 1 is 1.31 bits per heavy atom. The molecule has 0 aliphatic carbocycles. The molecule has 0 heterocycles. The van der Waals surface area contributed by atoms with Crippen LogP contribution in [0.1, 0.15) is 27.2 Å². The van der Waals surface area contributed by atoms with Crippen LogP contribution in [0.15, 0.2) is 11.1 Å². The minimum Gasteiger partial charge on any atom is -0.478 e. The first-order valence-corrected chi connectivity index (χ1v) is 4.14. The number of carbonyl (C=O) groups is 2. The van der Waals surface area contributed by atoms with Crippen molar-refractivity contribution in [2.24, 2.45) is 0 Å². The Morgan fingerprint density at radius 3 is 2.15 bits per heavy atom. The van der Waals surface area contributed by atoms with E-state index in [9.17, 15) is 9.59 Å². The van der Waals surface area contributed by atoms with Gasteiger partial charge in [0.2, 0.25) is 0 Å². The van der Waals surface area contributed by atoms with Gasteiger partial charge < -0.3 is 9.84 Å². The Morgan fingerprint density at radius 2 is 1.85 bits per heavy atom. The second-order valence-electron chi connectivity index (χ2n) is 2.48. The number of carboxylic acid groups (broad SMARTS) is 1. The summed E-state index contributed by atoms with van der Waals surface area (Å²) in [6, 6.07) is 0. The summed E-state index contributed by atoms with van der Waals surface area (Å²) in [4.78, 5) is 21.7. The van der Waals surface area contributed by atoms with Gasteiger partial charge >= 0.3 is 11.9 Å². The van der Waals surface area contributed by atoms with Crippen LogP contribution in [0.25, 0.3) is 0 Å². The summed E-state index contributed by atoms with van der Waals surface area (Å²) in [6.45, 7) is 5.08. The summed E-state index contributed by atoms with van der Waals surface area (Å²) in [6.07, 6.45) is 0.319. The second-order valence-corrected chi connectivity index (χ2v) is 2.48. The Bertz CT molecular complexity index is 240. The molecule has 0 atom stereocenters. The molecule has 0 aliphatic heterocycles. The lowest BCUT2D eigenvalue weighted by molar-refractivity contribution is -0.140. The van der Waals surface area contributed by atoms with E-state index in [-0.39, 0.29) is 17.8 Å². The molecule has 0 aromatic rings. The van der Waals surface area contributed by atoms with Gasteiger partial charge in [-0.05, 0) is 20.3 Å². The molecule has 0 aromatic heterocycles. The highest BCUT2D eigenvalue weighted by molar-refractivity contribution is 5.99. The van der Waals surface area contributed by atoms with E-state index < -0.39 is 11.9 Å². The first kappa shape index (κ1) is 11.7. The fourth-order valence-electron chi connectivity index (χ4n) is 0.939. The van der Waals surface area contributed by atoms with Crippen molar-refractivity contribution in [3.05, 3.63) is 11.1 Å². The standard InChI is InChI=1S/C9H14O4/c1-4-7(8(10)11)6(3)9(12)13-5-2/h4-5H2,1-3H3,(H,10,11)/b7-6+. The molecule has 0 rings (SSSR count). The van der Waals surface area contributed by atoms with Crippen LogP contribution in [0.5, 0.6) is 0 Å². The van der Waals surface area contributed by atoms with Crippen molar-refractivity contribution >= 4 is 11.9 Å². The third-order valence-electron chi connectivity index (χ3n) is 1.65. The smallest absolute Gasteiger partial charge is 0.334 e. The molecule has 0 aromatic carbocycles. The van der Waals surface area contributed by atoms with Gasteiger partial charge in [0.05, 0.1) is 6.61 Å². The van der Waals surface area contributed by atoms with Crippen molar-refractivity contribution in [1.29, 1.82) is 0 Å². The van der Waals surface area contributed by atoms with E-state index in [2.05, 4.69) is 4.74 Å². The van der Waals surface area contributed by atoms with Crippen molar-refractivity contribution in [3.63, 3.8) is 0 Å². The van der Waals surface area contributed by atoms with Gasteiger partial charge in [0, 0.05) is 11.1 Å². The molecule has 0 bridgehead atoms. The van der Waals surface area contributed by atoms with Crippen molar-refractivity contribution in [2.45, 2.75) is 27.2 Å². The monoisotopic (exact) mass is 186 g/mol. The molecule has 0 aliphatic rings. The van der Waals surface area contributed by atoms with E-state index >= 15 is 0 Å². The lowest BCUT2D eigenvalue weighted by atomic mass is 10.1. The third-order valence-corrected chi connectivity index (χ3v) is 1.65. The predicted octanol–water partition coefficient (Wildman–Crippen LogP) is 1.36. The van der Waals surface area contributed by atoms with E-state index in [1.165, 1.54) is 6.92 Å². The van der Waals surface area contributed by atoms with Crippen LogP contribution in [0.2, 0.25) is 0 Å². The molecule has 13 heavy (non-hydrogen) atoms. The topological polar surface area (TPSA) is 63.6 Å². The van der Waals surface area contributed by atoms with Gasteiger partial charge in [0.25, 0.3) is 0 Å². The van der Waals surface area contributed by atoms with Gasteiger partial charge in [-0.25, -0.2) is 9.59 Å². The zero-order valence-electron chi connectivity index (χ0n) is 8.09. The highest BCUT2D eigenvalue weighted by atomic mass is 16.5. The normalized spacial score (nSPS) is 11.9. The van der Waals surface area contributed by atoms with Crippen molar-refractivity contribution in [3.8, 4) is 0 Å². The number of esters is 1. The van der Waals surface area contributed by atoms with Crippen LogP contribution >= 0.6 is 0 Å². The van der Waals surface area contributed by atoms with E-state index in [1.807, 2.05) is 0 Å². The summed E-state index contributed by atoms with van der Waals surface area (Å²) in [5.74, 6) is -1.62. The van der Waals surface area contributed by atoms with Gasteiger partial charge in [-0.2, -0.15) is 0 Å². The lowest BCUT2D eigenvalue weighted by Gasteiger charge is -2.05. The molecule has 0 radical (unpaired) electrons. The first-order chi connectivity index (χ1) is 6.04. The minimum absolute atomic E-state index is 0.110. The van der Waals surface area contributed by atoms with Crippen LogP contribution in [-0.4, -0.2) is 23.7 Å². The van der Waals surface area contributed by atoms with Gasteiger partial charge in [0.15, 0.2) is 0 Å². The Hall–Kier alpha value is -1.32. The molecule has 74 valence electrons. The van der Waals surface area contributed by atoms with E-state index in [1.54, 1.807) is 13.8 Å². The van der Waals surface area contributed by atoms with Gasteiger partial charge in [0.1, 0.15) is 0 Å². The van der Waals surface area contributed by atoms with Gasteiger partial charge in [-0.15, -0.1) is 0 Å². The largest absolute Gasteiger partial charge is 0.478 e. The number of rotatable bonds is 4. The quantitative estimate of drug-likeness (QED) is 0.532. The van der Waals surface area contributed by atoms with Gasteiger partial charge in [-0.3, -0.25) is 0 Å². The fraction of sp³-hybridized carbons (Fsp3) is 0.556. The highest BCUT2D eigenvalue weighted by Gasteiger charge is 2.15. The zero-order valence-corrected chi connectivity index (χ0v) is 8.09. The number of hydrogen-bond acceptors (Lipinski definition) is 3. The second kappa shape index (κ2) is 5.35. The van der Waals surface area contributed by atoms with Gasteiger partial charge in [-0.1, -0.05) is 6.92 Å².